The molecule has 5 rings (SSSR count). The second-order valence-electron chi connectivity index (χ2n) is 10.1. The van der Waals surface area contributed by atoms with Gasteiger partial charge >= 0.3 is 0 Å². The molecule has 0 radical (unpaired) electrons. The summed E-state index contributed by atoms with van der Waals surface area (Å²) < 4.78 is 2.01. The van der Waals surface area contributed by atoms with Crippen LogP contribution in [0.4, 0.5) is 0 Å². The fraction of sp³-hybridized carbons (Fsp3) is 0.233. The van der Waals surface area contributed by atoms with E-state index in [2.05, 4.69) is 43.9 Å². The highest BCUT2D eigenvalue weighted by Gasteiger charge is 2.25. The van der Waals surface area contributed by atoms with Crippen LogP contribution in [0.2, 0.25) is 15.1 Å². The van der Waals surface area contributed by atoms with Gasteiger partial charge in [-0.2, -0.15) is 0 Å². The van der Waals surface area contributed by atoms with Gasteiger partial charge in [0.1, 0.15) is 0 Å². The zero-order valence-corrected chi connectivity index (χ0v) is 22.8. The van der Waals surface area contributed by atoms with Crippen molar-refractivity contribution in [3.8, 4) is 22.4 Å². The quantitative estimate of drug-likeness (QED) is 0.262. The van der Waals surface area contributed by atoms with Crippen molar-refractivity contribution in [2.24, 2.45) is 0 Å². The van der Waals surface area contributed by atoms with Crippen LogP contribution in [-0.2, 0) is 0 Å². The molecule has 2 aromatic carbocycles. The lowest BCUT2D eigenvalue weighted by atomic mass is 9.93. The van der Waals surface area contributed by atoms with E-state index >= 15 is 0 Å². The van der Waals surface area contributed by atoms with E-state index < -0.39 is 0 Å². The Morgan fingerprint density at radius 1 is 0.833 bits per heavy atom. The van der Waals surface area contributed by atoms with E-state index in [1.807, 2.05) is 28.7 Å². The van der Waals surface area contributed by atoms with E-state index in [0.29, 0.717) is 26.2 Å². The topological polar surface area (TPSA) is 24.7 Å². The summed E-state index contributed by atoms with van der Waals surface area (Å²) in [6.45, 7) is 8.55. The molecule has 0 saturated carbocycles. The zero-order valence-electron chi connectivity index (χ0n) is 20.5. The highest BCUT2D eigenvalue weighted by molar-refractivity contribution is 6.39. The first-order valence-corrected chi connectivity index (χ1v) is 13.1. The molecular formula is C30H27Cl3N2O. The maximum Gasteiger partial charge on any atom is 0.190 e. The van der Waals surface area contributed by atoms with Gasteiger partial charge in [-0.15, -0.1) is 0 Å². The first-order chi connectivity index (χ1) is 17.1. The third kappa shape index (κ3) is 4.62. The van der Waals surface area contributed by atoms with Gasteiger partial charge in [0.05, 0.1) is 26.8 Å². The normalized spacial score (nSPS) is 14.8. The summed E-state index contributed by atoms with van der Waals surface area (Å²) in [6.07, 6.45) is 5.00. The average molecular weight is 538 g/mol. The van der Waals surface area contributed by atoms with Crippen molar-refractivity contribution in [2.45, 2.75) is 32.7 Å². The highest BCUT2D eigenvalue weighted by Crippen LogP contribution is 2.39. The smallest absolute Gasteiger partial charge is 0.190 e. The number of fused-ring (bicyclic) bond motifs is 1. The Bertz CT molecular complexity index is 1540. The maximum atomic E-state index is 13.3. The van der Waals surface area contributed by atoms with Crippen LogP contribution >= 0.6 is 34.8 Å². The first-order valence-electron chi connectivity index (χ1n) is 12.0. The van der Waals surface area contributed by atoms with Crippen molar-refractivity contribution in [3.05, 3.63) is 104 Å². The van der Waals surface area contributed by atoms with Crippen LogP contribution in [0.25, 0.3) is 33.5 Å². The van der Waals surface area contributed by atoms with E-state index in [0.717, 1.165) is 41.8 Å². The van der Waals surface area contributed by atoms with E-state index in [1.54, 1.807) is 30.5 Å². The second-order valence-corrected chi connectivity index (χ2v) is 11.3. The Morgan fingerprint density at radius 3 is 2.17 bits per heavy atom. The van der Waals surface area contributed by atoms with Gasteiger partial charge in [-0.05, 0) is 68.7 Å². The molecule has 0 bridgehead atoms. The molecule has 3 nitrogen and oxygen atoms in total. The van der Waals surface area contributed by atoms with Crippen molar-refractivity contribution < 1.29 is 0 Å². The second kappa shape index (κ2) is 9.72. The van der Waals surface area contributed by atoms with Crippen LogP contribution in [0.15, 0.2) is 77.7 Å². The number of benzene rings is 2. The van der Waals surface area contributed by atoms with Gasteiger partial charge in [0.15, 0.2) is 5.43 Å². The monoisotopic (exact) mass is 536 g/mol. The molecule has 4 aromatic rings. The summed E-state index contributed by atoms with van der Waals surface area (Å²) in [4.78, 5) is 15.8. The number of pyridine rings is 2. The molecule has 1 aliphatic heterocycles. The van der Waals surface area contributed by atoms with E-state index in [9.17, 15) is 4.79 Å². The molecule has 0 unspecified atom stereocenters. The summed E-state index contributed by atoms with van der Waals surface area (Å²) in [5, 5.41) is 1.52. The van der Waals surface area contributed by atoms with Gasteiger partial charge in [-0.1, -0.05) is 65.1 Å². The van der Waals surface area contributed by atoms with Crippen LogP contribution in [0.3, 0.4) is 0 Å². The van der Waals surface area contributed by atoms with Crippen LogP contribution in [0, 0.1) is 0 Å². The fourth-order valence-electron chi connectivity index (χ4n) is 4.90. The third-order valence-electron chi connectivity index (χ3n) is 6.87. The Labute approximate surface area is 226 Å². The number of nitrogens with zero attached hydrogens (tertiary/aromatic N) is 2. The molecule has 0 amide bonds. The molecule has 0 saturated heterocycles. The summed E-state index contributed by atoms with van der Waals surface area (Å²) >= 11 is 19.9. The number of halogens is 3. The lowest BCUT2D eigenvalue weighted by molar-refractivity contribution is 0.153. The molecular weight excluding hydrogens is 511 g/mol. The SMILES string of the molecule is CC(C)(C)N1CC=C(c2cc(-c3ccccc3Cl)n3ccc(=O)c(-c4c(Cl)cccc4Cl)c3c2)CC1. The molecule has 1 aliphatic rings. The van der Waals surface area contributed by atoms with Crippen LogP contribution in [0.5, 0.6) is 0 Å². The minimum atomic E-state index is -0.135. The fourth-order valence-corrected chi connectivity index (χ4v) is 5.72. The number of aromatic nitrogens is 1. The maximum absolute atomic E-state index is 13.3. The van der Waals surface area contributed by atoms with Crippen molar-refractivity contribution >= 4 is 45.9 Å². The molecule has 0 fully saturated rings. The van der Waals surface area contributed by atoms with Gasteiger partial charge in [-0.25, -0.2) is 0 Å². The Balaban J connectivity index is 1.82. The van der Waals surface area contributed by atoms with Crippen LogP contribution in [-0.4, -0.2) is 27.9 Å². The first kappa shape index (κ1) is 25.1. The minimum Gasteiger partial charge on any atom is -0.316 e. The minimum absolute atomic E-state index is 0.107. The standard InChI is InChI=1S/C30H27Cl3N2O/c1-30(2,3)34-14-11-19(12-15-34)20-17-25(21-7-4-5-8-22(21)31)35-16-13-27(36)29(26(35)18-20)28-23(32)9-6-10-24(28)33/h4-11,13,16-18H,12,14-15H2,1-3H3. The summed E-state index contributed by atoms with van der Waals surface area (Å²) in [7, 11) is 0. The molecule has 36 heavy (non-hydrogen) atoms. The van der Waals surface area contributed by atoms with E-state index in [1.165, 1.54) is 5.57 Å². The van der Waals surface area contributed by atoms with Gasteiger partial charge in [0, 0.05) is 47.0 Å². The summed E-state index contributed by atoms with van der Waals surface area (Å²) in [6, 6.07) is 18.9. The molecule has 2 aromatic heterocycles. The molecule has 0 atom stereocenters. The van der Waals surface area contributed by atoms with Gasteiger partial charge in [0.25, 0.3) is 0 Å². The zero-order chi connectivity index (χ0) is 25.6. The number of hydrogen-bond acceptors (Lipinski definition) is 2. The summed E-state index contributed by atoms with van der Waals surface area (Å²) in [5.41, 5.74) is 5.84. The Morgan fingerprint density at radius 2 is 1.53 bits per heavy atom. The molecule has 0 spiro atoms. The molecule has 0 aliphatic carbocycles. The summed E-state index contributed by atoms with van der Waals surface area (Å²) in [5.74, 6) is 0. The van der Waals surface area contributed by atoms with E-state index in [4.69, 9.17) is 34.8 Å². The Kier molecular flexibility index (Phi) is 6.78. The van der Waals surface area contributed by atoms with Crippen molar-refractivity contribution in [2.75, 3.05) is 13.1 Å². The predicted molar refractivity (Wildman–Crippen MR) is 153 cm³/mol. The largest absolute Gasteiger partial charge is 0.316 e. The predicted octanol–water partition coefficient (Wildman–Crippen LogP) is 8.48. The molecule has 6 heteroatoms. The molecule has 0 N–H and O–H groups in total. The lowest BCUT2D eigenvalue weighted by Crippen LogP contribution is -2.43. The van der Waals surface area contributed by atoms with Gasteiger partial charge in [0.2, 0.25) is 0 Å². The third-order valence-corrected chi connectivity index (χ3v) is 7.83. The Hall–Kier alpha value is -2.56. The van der Waals surface area contributed by atoms with Gasteiger partial charge in [-0.3, -0.25) is 9.69 Å². The van der Waals surface area contributed by atoms with Crippen LogP contribution in [0.1, 0.15) is 32.8 Å². The van der Waals surface area contributed by atoms with Crippen molar-refractivity contribution in [1.29, 1.82) is 0 Å². The average Bonchev–Trinajstić information content (AvgIpc) is 2.84. The number of rotatable bonds is 3. The molecule has 184 valence electrons. The van der Waals surface area contributed by atoms with E-state index in [-0.39, 0.29) is 11.0 Å². The van der Waals surface area contributed by atoms with Crippen molar-refractivity contribution in [1.82, 2.24) is 9.30 Å². The molecule has 3 heterocycles. The van der Waals surface area contributed by atoms with Crippen LogP contribution < -0.4 is 5.43 Å². The highest BCUT2D eigenvalue weighted by atomic mass is 35.5. The van der Waals surface area contributed by atoms with Crippen molar-refractivity contribution in [3.63, 3.8) is 0 Å². The van der Waals surface area contributed by atoms with Gasteiger partial charge < -0.3 is 4.40 Å². The lowest BCUT2D eigenvalue weighted by Gasteiger charge is -2.37. The number of hydrogen-bond donors (Lipinski definition) is 0.